The van der Waals surface area contributed by atoms with Gasteiger partial charge in [-0.3, -0.25) is 4.79 Å². The lowest BCUT2D eigenvalue weighted by molar-refractivity contribution is -0.125. The molecule has 0 radical (unpaired) electrons. The molecule has 17 heavy (non-hydrogen) atoms. The fourth-order valence-electron chi connectivity index (χ4n) is 2.58. The molecule has 88 valence electrons. The van der Waals surface area contributed by atoms with Crippen LogP contribution in [-0.4, -0.2) is 11.6 Å². The van der Waals surface area contributed by atoms with Crippen LogP contribution in [0.4, 0.5) is 0 Å². The smallest absolute Gasteiger partial charge is 0.248 e. The van der Waals surface area contributed by atoms with Gasteiger partial charge in [0, 0.05) is 5.41 Å². The van der Waals surface area contributed by atoms with Crippen LogP contribution >= 0.6 is 15.9 Å². The molecule has 1 saturated heterocycles. The van der Waals surface area contributed by atoms with Gasteiger partial charge in [0.25, 0.3) is 0 Å². The molecule has 2 N–H and O–H groups in total. The number of fused-ring (bicyclic) bond motifs is 2. The van der Waals surface area contributed by atoms with Crippen LogP contribution in [0.1, 0.15) is 20.8 Å². The molecule has 2 aliphatic rings. The van der Waals surface area contributed by atoms with Crippen LogP contribution in [0.25, 0.3) is 0 Å². The SMILES string of the molecule is CC1(C)[C@]2(C)NC(=O)[C@]1(C#N)C(C#N)=C(Br)N2. The maximum Gasteiger partial charge on any atom is 0.248 e. The molecule has 2 heterocycles. The number of hydrogen-bond acceptors (Lipinski definition) is 4. The van der Waals surface area contributed by atoms with Gasteiger partial charge in [0.1, 0.15) is 5.66 Å². The third-order valence-electron chi connectivity index (χ3n) is 4.13. The first-order valence-corrected chi connectivity index (χ1v) is 5.88. The highest BCUT2D eigenvalue weighted by molar-refractivity contribution is 9.11. The number of nitrogens with zero attached hydrogens (tertiary/aromatic N) is 2. The maximum atomic E-state index is 12.2. The average Bonchev–Trinajstić information content (AvgIpc) is 2.31. The molecule has 0 aromatic carbocycles. The van der Waals surface area contributed by atoms with Gasteiger partial charge in [-0.1, -0.05) is 13.8 Å². The first-order chi connectivity index (χ1) is 7.77. The van der Waals surface area contributed by atoms with Crippen molar-refractivity contribution in [2.24, 2.45) is 10.8 Å². The zero-order valence-electron chi connectivity index (χ0n) is 9.68. The van der Waals surface area contributed by atoms with Gasteiger partial charge in [-0.2, -0.15) is 10.5 Å². The highest BCUT2D eigenvalue weighted by Crippen LogP contribution is 2.58. The Balaban J connectivity index is 2.87. The summed E-state index contributed by atoms with van der Waals surface area (Å²) >= 11 is 3.23. The minimum absolute atomic E-state index is 0.137. The zero-order chi connectivity index (χ0) is 13.1. The van der Waals surface area contributed by atoms with Crippen molar-refractivity contribution < 1.29 is 4.79 Å². The molecule has 1 amide bonds. The molecule has 0 unspecified atom stereocenters. The van der Waals surface area contributed by atoms with Crippen molar-refractivity contribution in [3.05, 3.63) is 10.2 Å². The average molecular weight is 295 g/mol. The summed E-state index contributed by atoms with van der Waals surface area (Å²) in [6.45, 7) is 5.41. The van der Waals surface area contributed by atoms with E-state index in [0.29, 0.717) is 4.61 Å². The first-order valence-electron chi connectivity index (χ1n) is 5.09. The summed E-state index contributed by atoms with van der Waals surface area (Å²) < 4.78 is 0.404. The van der Waals surface area contributed by atoms with Crippen LogP contribution in [0.5, 0.6) is 0 Å². The van der Waals surface area contributed by atoms with E-state index in [0.717, 1.165) is 0 Å². The normalized spacial score (nSPS) is 37.9. The van der Waals surface area contributed by atoms with Crippen LogP contribution < -0.4 is 10.6 Å². The number of halogens is 1. The lowest BCUT2D eigenvalue weighted by atomic mass is 9.58. The van der Waals surface area contributed by atoms with Crippen molar-refractivity contribution in [2.75, 3.05) is 0 Å². The van der Waals surface area contributed by atoms with Crippen molar-refractivity contribution in [3.8, 4) is 12.1 Å². The molecular weight excluding hydrogens is 284 g/mol. The summed E-state index contributed by atoms with van der Waals surface area (Å²) in [5.74, 6) is -0.425. The number of amides is 1. The van der Waals surface area contributed by atoms with Gasteiger partial charge in [-0.05, 0) is 22.9 Å². The van der Waals surface area contributed by atoms with Gasteiger partial charge in [-0.15, -0.1) is 0 Å². The number of nitriles is 2. The van der Waals surface area contributed by atoms with Crippen LogP contribution in [0.2, 0.25) is 0 Å². The van der Waals surface area contributed by atoms with E-state index in [-0.39, 0.29) is 5.57 Å². The topological polar surface area (TPSA) is 88.7 Å². The van der Waals surface area contributed by atoms with Gasteiger partial charge >= 0.3 is 0 Å². The molecule has 0 spiro atoms. The monoisotopic (exact) mass is 294 g/mol. The minimum Gasteiger partial charge on any atom is -0.356 e. The van der Waals surface area contributed by atoms with E-state index in [1.807, 2.05) is 12.1 Å². The first kappa shape index (κ1) is 11.9. The molecule has 0 saturated carbocycles. The molecule has 0 aromatic heterocycles. The predicted octanol–water partition coefficient (Wildman–Crippen LogP) is 1.10. The zero-order valence-corrected chi connectivity index (χ0v) is 11.3. The minimum atomic E-state index is -1.44. The third-order valence-corrected chi connectivity index (χ3v) is 4.72. The fraction of sp³-hybridized carbons (Fsp3) is 0.545. The van der Waals surface area contributed by atoms with Crippen molar-refractivity contribution in [3.63, 3.8) is 0 Å². The van der Waals surface area contributed by atoms with E-state index in [2.05, 4.69) is 26.6 Å². The Kier molecular flexibility index (Phi) is 2.12. The number of rotatable bonds is 0. The van der Waals surface area contributed by atoms with E-state index in [1.165, 1.54) is 0 Å². The number of carbonyl (C=O) groups excluding carboxylic acids is 1. The Morgan fingerprint density at radius 2 is 1.82 bits per heavy atom. The van der Waals surface area contributed by atoms with E-state index < -0.39 is 22.4 Å². The standard InChI is InChI=1S/C11H11BrN4O/c1-9(2)10(3)15-7(12)6(4-13)11(9,5-14)8(17)16-10/h15H,1-3H3,(H,16,17)/t10-,11-/m0/s1. The van der Waals surface area contributed by atoms with Crippen molar-refractivity contribution in [1.29, 1.82) is 10.5 Å². The van der Waals surface area contributed by atoms with E-state index >= 15 is 0 Å². The van der Waals surface area contributed by atoms with E-state index in [9.17, 15) is 15.3 Å². The maximum absolute atomic E-state index is 12.2. The lowest BCUT2D eigenvalue weighted by Gasteiger charge is -2.47. The van der Waals surface area contributed by atoms with Gasteiger partial charge in [0.2, 0.25) is 5.91 Å². The summed E-state index contributed by atoms with van der Waals surface area (Å²) in [6, 6.07) is 4.01. The Labute approximate surface area is 108 Å². The molecule has 2 rings (SSSR count). The highest BCUT2D eigenvalue weighted by atomic mass is 79.9. The second-order valence-corrected chi connectivity index (χ2v) is 5.78. The quantitative estimate of drug-likeness (QED) is 0.655. The van der Waals surface area contributed by atoms with Crippen LogP contribution in [0, 0.1) is 33.5 Å². The summed E-state index contributed by atoms with van der Waals surface area (Å²) in [7, 11) is 0. The summed E-state index contributed by atoms with van der Waals surface area (Å²) in [6.07, 6.45) is 0. The van der Waals surface area contributed by atoms with E-state index in [1.54, 1.807) is 20.8 Å². The number of hydrogen-bond donors (Lipinski definition) is 2. The summed E-state index contributed by atoms with van der Waals surface area (Å²) in [5.41, 5.74) is -2.79. The molecule has 1 fully saturated rings. The van der Waals surface area contributed by atoms with E-state index in [4.69, 9.17) is 0 Å². The molecule has 5 nitrogen and oxygen atoms in total. The van der Waals surface area contributed by atoms with Crippen LogP contribution in [0.15, 0.2) is 10.2 Å². The predicted molar refractivity (Wildman–Crippen MR) is 63.1 cm³/mol. The molecule has 0 aliphatic carbocycles. The molecule has 2 aliphatic heterocycles. The van der Waals surface area contributed by atoms with Crippen LogP contribution in [-0.2, 0) is 4.79 Å². The Morgan fingerprint density at radius 3 is 2.29 bits per heavy atom. The second-order valence-electron chi connectivity index (χ2n) is 4.99. The number of nitrogens with one attached hydrogen (secondary N) is 2. The number of carbonyl (C=O) groups is 1. The van der Waals surface area contributed by atoms with Gasteiger partial charge in [0.05, 0.1) is 22.3 Å². The highest BCUT2D eigenvalue weighted by Gasteiger charge is 2.72. The second kappa shape index (κ2) is 3.02. The Hall–Kier alpha value is -1.53. The third kappa shape index (κ3) is 0.999. The molecule has 2 bridgehead atoms. The Morgan fingerprint density at radius 1 is 1.24 bits per heavy atom. The molecule has 6 heteroatoms. The molecule has 0 aromatic rings. The van der Waals surface area contributed by atoms with Crippen molar-refractivity contribution >= 4 is 21.8 Å². The van der Waals surface area contributed by atoms with Gasteiger partial charge in [0.15, 0.2) is 5.41 Å². The van der Waals surface area contributed by atoms with Crippen LogP contribution in [0.3, 0.4) is 0 Å². The summed E-state index contributed by atoms with van der Waals surface area (Å²) in [4.78, 5) is 12.2. The van der Waals surface area contributed by atoms with Crippen molar-refractivity contribution in [2.45, 2.75) is 26.4 Å². The Bertz CT molecular complexity index is 539. The fourth-order valence-corrected chi connectivity index (χ4v) is 3.36. The molecular formula is C11H11BrN4O. The van der Waals surface area contributed by atoms with Gasteiger partial charge < -0.3 is 10.6 Å². The molecule has 2 atom stereocenters. The van der Waals surface area contributed by atoms with Gasteiger partial charge in [-0.25, -0.2) is 0 Å². The lowest BCUT2D eigenvalue weighted by Crippen LogP contribution is -2.62. The van der Waals surface area contributed by atoms with Crippen molar-refractivity contribution in [1.82, 2.24) is 10.6 Å². The largest absolute Gasteiger partial charge is 0.356 e. The summed E-state index contributed by atoms with van der Waals surface area (Å²) in [5, 5.41) is 24.5.